The summed E-state index contributed by atoms with van der Waals surface area (Å²) < 4.78 is -1.90. The van der Waals surface area contributed by atoms with Gasteiger partial charge in [-0.1, -0.05) is 46.4 Å². The van der Waals surface area contributed by atoms with E-state index in [0.29, 0.717) is 5.06 Å². The summed E-state index contributed by atoms with van der Waals surface area (Å²) in [5, 5.41) is 0.328. The quantitative estimate of drug-likeness (QED) is 0.503. The second-order valence-electron chi connectivity index (χ2n) is 4.73. The predicted octanol–water partition coefficient (Wildman–Crippen LogP) is 2.99. The van der Waals surface area contributed by atoms with Crippen LogP contribution in [0.15, 0.2) is 10.1 Å². The number of halogens is 6. The number of imide groups is 1. The van der Waals surface area contributed by atoms with Crippen LogP contribution in [0.2, 0.25) is 0 Å². The van der Waals surface area contributed by atoms with Crippen molar-refractivity contribution < 1.29 is 14.4 Å². The topological polar surface area (TPSA) is 46.6 Å². The molecule has 10 heteroatoms. The van der Waals surface area contributed by atoms with E-state index in [9.17, 15) is 9.59 Å². The van der Waals surface area contributed by atoms with Gasteiger partial charge in [-0.15, -0.1) is 23.2 Å². The zero-order valence-electron chi connectivity index (χ0n) is 9.59. The largest absolute Gasteiger partial charge is 0.272 e. The first kappa shape index (κ1) is 15.5. The van der Waals surface area contributed by atoms with E-state index in [-0.39, 0.29) is 10.1 Å². The zero-order chi connectivity index (χ0) is 15.2. The van der Waals surface area contributed by atoms with E-state index >= 15 is 0 Å². The Morgan fingerprint density at radius 3 is 1.60 bits per heavy atom. The van der Waals surface area contributed by atoms with E-state index in [4.69, 9.17) is 74.4 Å². The molecule has 20 heavy (non-hydrogen) atoms. The molecule has 0 radical (unpaired) electrons. The molecule has 3 aliphatic rings. The molecule has 0 N–H and O–H groups in total. The molecule has 110 valence electrons. The number of carbonyl (C=O) groups is 2. The maximum atomic E-state index is 12.3. The Kier molecular flexibility index (Phi) is 3.18. The van der Waals surface area contributed by atoms with Crippen molar-refractivity contribution in [2.75, 3.05) is 7.11 Å². The number of alkyl halides is 4. The fourth-order valence-corrected chi connectivity index (χ4v) is 6.08. The van der Waals surface area contributed by atoms with Crippen molar-refractivity contribution in [3.05, 3.63) is 10.1 Å². The lowest BCUT2D eigenvalue weighted by atomic mass is 9.84. The molecular weight excluding hydrogens is 395 g/mol. The highest BCUT2D eigenvalue weighted by atomic mass is 35.5. The Balaban J connectivity index is 2.31. The van der Waals surface area contributed by atoms with Crippen molar-refractivity contribution >= 4 is 81.4 Å². The number of hydroxylamine groups is 2. The van der Waals surface area contributed by atoms with Crippen molar-refractivity contribution in [3.8, 4) is 0 Å². The van der Waals surface area contributed by atoms with E-state index in [2.05, 4.69) is 0 Å². The van der Waals surface area contributed by atoms with E-state index in [1.165, 1.54) is 7.11 Å². The van der Waals surface area contributed by atoms with Crippen molar-refractivity contribution in [1.82, 2.24) is 5.06 Å². The molecule has 1 saturated carbocycles. The average molecular weight is 400 g/mol. The maximum absolute atomic E-state index is 12.3. The predicted molar refractivity (Wildman–Crippen MR) is 76.2 cm³/mol. The lowest BCUT2D eigenvalue weighted by Gasteiger charge is -2.34. The third-order valence-corrected chi connectivity index (χ3v) is 8.31. The van der Waals surface area contributed by atoms with Gasteiger partial charge in [-0.2, -0.15) is 5.06 Å². The van der Waals surface area contributed by atoms with E-state index < -0.39 is 37.7 Å². The van der Waals surface area contributed by atoms with Crippen LogP contribution in [-0.2, 0) is 14.4 Å². The van der Waals surface area contributed by atoms with Gasteiger partial charge in [0.15, 0.2) is 4.33 Å². The van der Waals surface area contributed by atoms with Crippen LogP contribution in [0, 0.1) is 11.8 Å². The summed E-state index contributed by atoms with van der Waals surface area (Å²) in [6.07, 6.45) is 0. The second kappa shape index (κ2) is 4.10. The van der Waals surface area contributed by atoms with Crippen molar-refractivity contribution in [2.45, 2.75) is 14.1 Å². The molecule has 3 rings (SSSR count). The third-order valence-electron chi connectivity index (χ3n) is 4.05. The number of rotatable bonds is 1. The summed E-state index contributed by atoms with van der Waals surface area (Å²) in [5.41, 5.74) is 0. The molecule has 2 amide bonds. The van der Waals surface area contributed by atoms with E-state index in [1.54, 1.807) is 0 Å². The van der Waals surface area contributed by atoms with Crippen LogP contribution in [0.25, 0.3) is 0 Å². The lowest BCUT2D eigenvalue weighted by Crippen LogP contribution is -2.49. The maximum Gasteiger partial charge on any atom is 0.259 e. The molecule has 1 aliphatic heterocycles. The van der Waals surface area contributed by atoms with Gasteiger partial charge in [-0.05, 0) is 0 Å². The lowest BCUT2D eigenvalue weighted by molar-refractivity contribution is -0.182. The molecule has 2 bridgehead atoms. The molecule has 4 nitrogen and oxygen atoms in total. The van der Waals surface area contributed by atoms with Gasteiger partial charge in [0.1, 0.15) is 9.75 Å². The summed E-state index contributed by atoms with van der Waals surface area (Å²) in [5.74, 6) is -3.68. The fraction of sp³-hybridized carbons (Fsp3) is 0.600. The summed E-state index contributed by atoms with van der Waals surface area (Å²) in [6, 6.07) is 0. The van der Waals surface area contributed by atoms with Gasteiger partial charge in [0.25, 0.3) is 11.8 Å². The first-order valence-corrected chi connectivity index (χ1v) is 7.59. The van der Waals surface area contributed by atoms with Gasteiger partial charge < -0.3 is 0 Å². The molecule has 0 aromatic carbocycles. The van der Waals surface area contributed by atoms with Gasteiger partial charge in [-0.3, -0.25) is 14.4 Å². The Labute approximate surface area is 143 Å². The second-order valence-corrected chi connectivity index (χ2v) is 8.01. The van der Waals surface area contributed by atoms with Crippen LogP contribution in [0.1, 0.15) is 0 Å². The molecule has 2 fully saturated rings. The minimum absolute atomic E-state index is 0.124. The fourth-order valence-electron chi connectivity index (χ4n) is 3.15. The number of nitrogens with zero attached hydrogens (tertiary/aromatic N) is 1. The molecule has 0 aromatic rings. The highest BCUT2D eigenvalue weighted by Gasteiger charge is 2.87. The molecule has 1 saturated heterocycles. The molecule has 2 aliphatic carbocycles. The normalized spacial score (nSPS) is 45.6. The summed E-state index contributed by atoms with van der Waals surface area (Å²) in [6.45, 7) is 0. The van der Waals surface area contributed by atoms with E-state index in [1.807, 2.05) is 0 Å². The van der Waals surface area contributed by atoms with Gasteiger partial charge >= 0.3 is 0 Å². The molecule has 0 unspecified atom stereocenters. The van der Waals surface area contributed by atoms with Gasteiger partial charge in [0, 0.05) is 0 Å². The standard InChI is InChI=1S/C10H5Cl6NO3/c1-20-17-6(18)2-3(7(17)19)9(14)5(12)4(11)8(2,13)10(9,15)16/h2-3H,1H3/t2-,3+,8-,9-/m0/s1. The van der Waals surface area contributed by atoms with Crippen LogP contribution in [0.3, 0.4) is 0 Å². The highest BCUT2D eigenvalue weighted by molar-refractivity contribution is 6.66. The van der Waals surface area contributed by atoms with Crippen molar-refractivity contribution in [2.24, 2.45) is 11.8 Å². The van der Waals surface area contributed by atoms with Crippen LogP contribution < -0.4 is 0 Å². The molecule has 0 aromatic heterocycles. The minimum Gasteiger partial charge on any atom is -0.272 e. The molecule has 1 heterocycles. The highest BCUT2D eigenvalue weighted by Crippen LogP contribution is 2.77. The van der Waals surface area contributed by atoms with Crippen LogP contribution in [0.4, 0.5) is 0 Å². The molecular formula is C10H5Cl6NO3. The van der Waals surface area contributed by atoms with Crippen molar-refractivity contribution in [1.29, 1.82) is 0 Å². The van der Waals surface area contributed by atoms with Crippen LogP contribution >= 0.6 is 69.6 Å². The first-order valence-electron chi connectivity index (χ1n) is 5.32. The molecule has 4 atom stereocenters. The number of amides is 2. The van der Waals surface area contributed by atoms with Crippen molar-refractivity contribution in [3.63, 3.8) is 0 Å². The molecule has 0 spiro atoms. The number of hydrogen-bond acceptors (Lipinski definition) is 3. The Bertz CT molecular complexity index is 546. The summed E-state index contributed by atoms with van der Waals surface area (Å²) >= 11 is 37.5. The van der Waals surface area contributed by atoms with Crippen LogP contribution in [-0.4, -0.2) is 38.1 Å². The smallest absolute Gasteiger partial charge is 0.259 e. The Morgan fingerprint density at radius 2 is 1.30 bits per heavy atom. The summed E-state index contributed by atoms with van der Waals surface area (Å²) in [7, 11) is 1.17. The number of carbonyl (C=O) groups excluding carboxylic acids is 2. The minimum atomic E-state index is -1.90. The Hall–Kier alpha value is 0.580. The third kappa shape index (κ3) is 1.22. The Morgan fingerprint density at radius 1 is 0.950 bits per heavy atom. The number of fused-ring (bicyclic) bond motifs is 5. The summed E-state index contributed by atoms with van der Waals surface area (Å²) in [4.78, 5) is 25.8. The number of allylic oxidation sites excluding steroid dienone is 2. The average Bonchev–Trinajstić information content (AvgIpc) is 2.75. The van der Waals surface area contributed by atoms with E-state index in [0.717, 1.165) is 0 Å². The SMILES string of the molecule is CON1C(=O)[C@@H]2[C@H](C1=O)[C@]1(Cl)C(Cl)=C(Cl)[C@]2(Cl)C1(Cl)Cl. The monoisotopic (exact) mass is 397 g/mol. The van der Waals surface area contributed by atoms with Gasteiger partial charge in [0.2, 0.25) is 0 Å². The number of hydrogen-bond donors (Lipinski definition) is 0. The van der Waals surface area contributed by atoms with Crippen LogP contribution in [0.5, 0.6) is 0 Å². The van der Waals surface area contributed by atoms with Gasteiger partial charge in [0.05, 0.1) is 29.0 Å². The zero-order valence-corrected chi connectivity index (χ0v) is 14.1. The first-order chi connectivity index (χ1) is 9.08. The van der Waals surface area contributed by atoms with Gasteiger partial charge in [-0.25, -0.2) is 0 Å².